The van der Waals surface area contributed by atoms with Gasteiger partial charge in [-0.1, -0.05) is 83.5 Å². The molecule has 3 aromatic carbocycles. The van der Waals surface area contributed by atoms with Gasteiger partial charge in [0.15, 0.2) is 5.17 Å². The van der Waals surface area contributed by atoms with Crippen molar-refractivity contribution in [3.63, 3.8) is 0 Å². The van der Waals surface area contributed by atoms with Crippen LogP contribution in [0, 0.1) is 0 Å². The van der Waals surface area contributed by atoms with Crippen molar-refractivity contribution >= 4 is 63.3 Å². The van der Waals surface area contributed by atoms with E-state index in [1.54, 1.807) is 29.3 Å². The SMILES string of the molecule is O=C(C[C@H]1SC(N2N=C(c3ccc(Cl)cc3)C[C@H]2c2ccccc2)=NC1=O)Nc1cccc(Cl)c1. The molecule has 2 aliphatic heterocycles. The maximum Gasteiger partial charge on any atom is 0.262 e. The van der Waals surface area contributed by atoms with Crippen molar-refractivity contribution in [2.75, 3.05) is 5.32 Å². The van der Waals surface area contributed by atoms with Gasteiger partial charge in [-0.25, -0.2) is 5.01 Å². The highest BCUT2D eigenvalue weighted by molar-refractivity contribution is 8.15. The van der Waals surface area contributed by atoms with Crippen LogP contribution in [-0.4, -0.2) is 33.0 Å². The number of hydrogen-bond acceptors (Lipinski definition) is 5. The van der Waals surface area contributed by atoms with Crippen LogP contribution in [0.1, 0.15) is 30.0 Å². The van der Waals surface area contributed by atoms with Crippen LogP contribution in [0.2, 0.25) is 10.0 Å². The lowest BCUT2D eigenvalue weighted by Gasteiger charge is -2.23. The zero-order valence-electron chi connectivity index (χ0n) is 18.4. The Bertz CT molecular complexity index is 1330. The molecule has 176 valence electrons. The highest BCUT2D eigenvalue weighted by Crippen LogP contribution is 2.38. The number of amidine groups is 1. The lowest BCUT2D eigenvalue weighted by Crippen LogP contribution is -2.25. The quantitative estimate of drug-likeness (QED) is 0.434. The van der Waals surface area contributed by atoms with Crippen LogP contribution in [0.5, 0.6) is 0 Å². The van der Waals surface area contributed by atoms with Crippen molar-refractivity contribution < 1.29 is 9.59 Å². The number of amides is 2. The van der Waals surface area contributed by atoms with Crippen molar-refractivity contribution in [2.45, 2.75) is 24.1 Å². The molecule has 0 unspecified atom stereocenters. The Morgan fingerprint density at radius 1 is 1.00 bits per heavy atom. The third-order valence-corrected chi connectivity index (χ3v) is 7.31. The molecule has 0 bridgehead atoms. The summed E-state index contributed by atoms with van der Waals surface area (Å²) in [6.07, 6.45) is 0.653. The molecule has 0 saturated carbocycles. The zero-order chi connectivity index (χ0) is 24.4. The first-order chi connectivity index (χ1) is 17.0. The molecule has 0 aromatic heterocycles. The second kappa shape index (κ2) is 10.2. The number of halogens is 2. The van der Waals surface area contributed by atoms with E-state index in [9.17, 15) is 9.59 Å². The first-order valence-corrected chi connectivity index (χ1v) is 12.6. The molecule has 0 fully saturated rings. The Morgan fingerprint density at radius 3 is 2.51 bits per heavy atom. The van der Waals surface area contributed by atoms with Crippen molar-refractivity contribution in [1.29, 1.82) is 0 Å². The van der Waals surface area contributed by atoms with Crippen LogP contribution in [0.15, 0.2) is 89.0 Å². The summed E-state index contributed by atoms with van der Waals surface area (Å²) in [5.74, 6) is -0.617. The first-order valence-electron chi connectivity index (χ1n) is 11.0. The molecule has 2 atom stereocenters. The molecule has 0 radical (unpaired) electrons. The molecule has 2 heterocycles. The Morgan fingerprint density at radius 2 is 1.77 bits per heavy atom. The third-order valence-electron chi connectivity index (χ3n) is 5.68. The van der Waals surface area contributed by atoms with Gasteiger partial charge in [0.1, 0.15) is 5.25 Å². The molecule has 9 heteroatoms. The topological polar surface area (TPSA) is 74.1 Å². The van der Waals surface area contributed by atoms with Gasteiger partial charge in [-0.15, -0.1) is 0 Å². The third kappa shape index (κ3) is 5.42. The number of carbonyl (C=O) groups excluding carboxylic acids is 2. The predicted molar refractivity (Wildman–Crippen MR) is 142 cm³/mol. The molecule has 35 heavy (non-hydrogen) atoms. The fourth-order valence-corrected chi connectivity index (χ4v) is 5.37. The van der Waals surface area contributed by atoms with E-state index in [0.29, 0.717) is 27.3 Å². The van der Waals surface area contributed by atoms with Crippen molar-refractivity contribution in [3.8, 4) is 0 Å². The van der Waals surface area contributed by atoms with Crippen LogP contribution in [0.4, 0.5) is 5.69 Å². The summed E-state index contributed by atoms with van der Waals surface area (Å²) in [5.41, 5.74) is 3.50. The van der Waals surface area contributed by atoms with E-state index in [2.05, 4.69) is 10.3 Å². The highest BCUT2D eigenvalue weighted by atomic mass is 35.5. The number of rotatable bonds is 5. The standard InChI is InChI=1S/C26H20Cl2N4O2S/c27-18-11-9-16(10-12-18)21-14-22(17-5-2-1-3-6-17)32(31-21)26-30-25(34)23(35-26)15-24(33)29-20-8-4-7-19(28)13-20/h1-13,22-23H,14-15H2,(H,29,33)/t22-,23+/m0/s1. The second-order valence-electron chi connectivity index (χ2n) is 8.13. The number of thioether (sulfide) groups is 1. The number of hydrazone groups is 1. The van der Waals surface area contributed by atoms with E-state index in [-0.39, 0.29) is 24.3 Å². The molecule has 0 spiro atoms. The van der Waals surface area contributed by atoms with E-state index >= 15 is 0 Å². The maximum atomic E-state index is 12.7. The average molecular weight is 523 g/mol. The van der Waals surface area contributed by atoms with Gasteiger partial charge in [0, 0.05) is 28.6 Å². The number of hydrogen-bond donors (Lipinski definition) is 1. The van der Waals surface area contributed by atoms with Crippen LogP contribution >= 0.6 is 35.0 Å². The number of benzene rings is 3. The fraction of sp³-hybridized carbons (Fsp3) is 0.154. The smallest absolute Gasteiger partial charge is 0.262 e. The minimum atomic E-state index is -0.615. The number of aliphatic imine (C=N–C) groups is 1. The number of carbonyl (C=O) groups is 2. The summed E-state index contributed by atoms with van der Waals surface area (Å²) in [6, 6.07) is 24.3. The number of anilines is 1. The zero-order valence-corrected chi connectivity index (χ0v) is 20.7. The molecule has 2 aliphatic rings. The van der Waals surface area contributed by atoms with Crippen LogP contribution < -0.4 is 5.32 Å². The Hall–Kier alpha value is -3.13. The summed E-state index contributed by atoms with van der Waals surface area (Å²) in [6.45, 7) is 0. The average Bonchev–Trinajstić information content (AvgIpc) is 3.44. The Balaban J connectivity index is 1.34. The maximum absolute atomic E-state index is 12.7. The van der Waals surface area contributed by atoms with Crippen LogP contribution in [0.3, 0.4) is 0 Å². The summed E-state index contributed by atoms with van der Waals surface area (Å²) >= 11 is 13.3. The van der Waals surface area contributed by atoms with Gasteiger partial charge in [-0.05, 0) is 41.5 Å². The molecule has 2 amide bonds. The van der Waals surface area contributed by atoms with Gasteiger partial charge < -0.3 is 5.32 Å². The first kappa shape index (κ1) is 23.6. The molecule has 0 saturated heterocycles. The summed E-state index contributed by atoms with van der Waals surface area (Å²) in [5, 5.41) is 10.5. The number of nitrogens with one attached hydrogen (secondary N) is 1. The number of nitrogens with zero attached hydrogens (tertiary/aromatic N) is 3. The molecule has 1 N–H and O–H groups in total. The minimum absolute atomic E-state index is 0.000608. The van der Waals surface area contributed by atoms with E-state index in [4.69, 9.17) is 28.3 Å². The normalized spacial score (nSPS) is 19.5. The van der Waals surface area contributed by atoms with Crippen LogP contribution in [-0.2, 0) is 9.59 Å². The Kier molecular flexibility index (Phi) is 6.90. The Labute approximate surface area is 217 Å². The van der Waals surface area contributed by atoms with Gasteiger partial charge in [-0.2, -0.15) is 10.1 Å². The van der Waals surface area contributed by atoms with Gasteiger partial charge in [-0.3, -0.25) is 9.59 Å². The van der Waals surface area contributed by atoms with E-state index in [1.807, 2.05) is 54.6 Å². The van der Waals surface area contributed by atoms with E-state index in [1.165, 1.54) is 11.8 Å². The lowest BCUT2D eigenvalue weighted by atomic mass is 9.99. The highest BCUT2D eigenvalue weighted by Gasteiger charge is 2.39. The second-order valence-corrected chi connectivity index (χ2v) is 10.2. The summed E-state index contributed by atoms with van der Waals surface area (Å²) in [4.78, 5) is 29.6. The largest absolute Gasteiger partial charge is 0.326 e. The molecule has 0 aliphatic carbocycles. The van der Waals surface area contributed by atoms with Gasteiger partial charge in [0.2, 0.25) is 5.91 Å². The minimum Gasteiger partial charge on any atom is -0.326 e. The molecular formula is C26H20Cl2N4O2S. The van der Waals surface area contributed by atoms with Crippen molar-refractivity contribution in [2.24, 2.45) is 10.1 Å². The fourth-order valence-electron chi connectivity index (χ4n) is 3.99. The summed E-state index contributed by atoms with van der Waals surface area (Å²) < 4.78 is 0. The van der Waals surface area contributed by atoms with Crippen molar-refractivity contribution in [3.05, 3.63) is 100 Å². The predicted octanol–water partition coefficient (Wildman–Crippen LogP) is 6.17. The van der Waals surface area contributed by atoms with Gasteiger partial charge in [0.25, 0.3) is 5.91 Å². The molecule has 6 nitrogen and oxygen atoms in total. The molecule has 5 rings (SSSR count). The van der Waals surface area contributed by atoms with E-state index < -0.39 is 5.25 Å². The van der Waals surface area contributed by atoms with Crippen LogP contribution in [0.25, 0.3) is 0 Å². The molecule has 3 aromatic rings. The van der Waals surface area contributed by atoms with Gasteiger partial charge in [0.05, 0.1) is 11.8 Å². The van der Waals surface area contributed by atoms with E-state index in [0.717, 1.165) is 16.8 Å². The van der Waals surface area contributed by atoms with Gasteiger partial charge >= 0.3 is 0 Å². The monoisotopic (exact) mass is 522 g/mol. The van der Waals surface area contributed by atoms with Crippen molar-refractivity contribution in [1.82, 2.24) is 5.01 Å². The summed E-state index contributed by atoms with van der Waals surface area (Å²) in [7, 11) is 0. The lowest BCUT2D eigenvalue weighted by molar-refractivity contribution is -0.121. The molecular weight excluding hydrogens is 503 g/mol.